The molecule has 0 saturated carbocycles. The monoisotopic (exact) mass is 300 g/mol. The fraction of sp³-hybridized carbons (Fsp3) is 0. The molecule has 0 aliphatic carbocycles. The summed E-state index contributed by atoms with van der Waals surface area (Å²) in [5.41, 5.74) is -0.863. The second-order valence-corrected chi connectivity index (χ2v) is 4.24. The van der Waals surface area contributed by atoms with Crippen molar-refractivity contribution in [2.45, 2.75) is 0 Å². The van der Waals surface area contributed by atoms with E-state index in [-0.39, 0.29) is 16.4 Å². The number of carbonyl (C=O) groups excluding carboxylic acids is 1. The van der Waals surface area contributed by atoms with Gasteiger partial charge in [-0.15, -0.1) is 0 Å². The number of anilines is 1. The summed E-state index contributed by atoms with van der Waals surface area (Å²) in [5.74, 6) is -4.81. The number of hydrogen-bond acceptors (Lipinski definition) is 2. The molecule has 0 fully saturated rings. The van der Waals surface area contributed by atoms with Gasteiger partial charge in [0, 0.05) is 12.3 Å². The number of carboxylic acids is 1. The van der Waals surface area contributed by atoms with Gasteiger partial charge >= 0.3 is 5.97 Å². The molecule has 2 aromatic rings. The molecule has 104 valence electrons. The number of carbonyl (C=O) groups is 2. The van der Waals surface area contributed by atoms with E-state index in [1.165, 1.54) is 12.3 Å². The first-order valence-corrected chi connectivity index (χ1v) is 5.64. The lowest BCUT2D eigenvalue weighted by molar-refractivity contribution is 0.0697. The Hall–Kier alpha value is -2.41. The molecule has 0 aliphatic heterocycles. The van der Waals surface area contributed by atoms with Crippen molar-refractivity contribution in [1.29, 1.82) is 0 Å². The minimum Gasteiger partial charge on any atom is -0.478 e. The van der Waals surface area contributed by atoms with Crippen LogP contribution < -0.4 is 5.32 Å². The highest BCUT2D eigenvalue weighted by Gasteiger charge is 2.18. The Morgan fingerprint density at radius 1 is 1.20 bits per heavy atom. The Morgan fingerprint density at radius 3 is 2.40 bits per heavy atom. The van der Waals surface area contributed by atoms with Gasteiger partial charge < -0.3 is 15.4 Å². The lowest BCUT2D eigenvalue weighted by Gasteiger charge is -2.08. The van der Waals surface area contributed by atoms with Crippen molar-refractivity contribution in [3.05, 3.63) is 52.3 Å². The van der Waals surface area contributed by atoms with Gasteiger partial charge in [-0.25, -0.2) is 13.6 Å². The highest BCUT2D eigenvalue weighted by atomic mass is 35.5. The number of nitrogens with one attached hydrogen (secondary N) is 2. The Kier molecular flexibility index (Phi) is 3.71. The van der Waals surface area contributed by atoms with E-state index in [9.17, 15) is 18.4 Å². The van der Waals surface area contributed by atoms with Crippen molar-refractivity contribution in [2.24, 2.45) is 0 Å². The van der Waals surface area contributed by atoms with Crippen LogP contribution in [0.15, 0.2) is 24.4 Å². The maximum atomic E-state index is 13.1. The third-order valence-electron chi connectivity index (χ3n) is 2.43. The number of aromatic amines is 1. The average Bonchev–Trinajstić information content (AvgIpc) is 2.80. The van der Waals surface area contributed by atoms with E-state index in [4.69, 9.17) is 16.7 Å². The van der Waals surface area contributed by atoms with Crippen LogP contribution in [0.3, 0.4) is 0 Å². The molecule has 3 N–H and O–H groups in total. The lowest BCUT2D eigenvalue weighted by atomic mass is 10.1. The Morgan fingerprint density at radius 2 is 1.85 bits per heavy atom. The molecule has 1 aromatic carbocycles. The minimum atomic E-state index is -1.50. The molecule has 0 bridgehead atoms. The van der Waals surface area contributed by atoms with Crippen LogP contribution in [-0.2, 0) is 0 Å². The van der Waals surface area contributed by atoms with Crippen LogP contribution >= 0.6 is 11.6 Å². The van der Waals surface area contributed by atoms with Crippen LogP contribution in [0.2, 0.25) is 5.02 Å². The van der Waals surface area contributed by atoms with Crippen molar-refractivity contribution >= 4 is 29.2 Å². The number of amides is 1. The van der Waals surface area contributed by atoms with Gasteiger partial charge in [-0.2, -0.15) is 0 Å². The summed E-state index contributed by atoms with van der Waals surface area (Å²) in [6, 6.07) is 2.40. The summed E-state index contributed by atoms with van der Waals surface area (Å²) in [6.45, 7) is 0. The zero-order valence-corrected chi connectivity index (χ0v) is 10.5. The van der Waals surface area contributed by atoms with Crippen LogP contribution in [0.5, 0.6) is 0 Å². The maximum absolute atomic E-state index is 13.1. The molecule has 1 heterocycles. The molecular weight excluding hydrogens is 294 g/mol. The molecule has 0 unspecified atom stereocenters. The van der Waals surface area contributed by atoms with Crippen molar-refractivity contribution < 1.29 is 23.5 Å². The first-order valence-electron chi connectivity index (χ1n) is 5.26. The normalized spacial score (nSPS) is 10.3. The van der Waals surface area contributed by atoms with Crippen molar-refractivity contribution in [1.82, 2.24) is 4.98 Å². The van der Waals surface area contributed by atoms with Crippen LogP contribution in [0.1, 0.15) is 20.8 Å². The molecule has 0 spiro atoms. The number of carboxylic acid groups (broad SMARTS) is 1. The molecule has 1 aromatic heterocycles. The maximum Gasteiger partial charge on any atom is 0.337 e. The minimum absolute atomic E-state index is 0.0519. The zero-order valence-electron chi connectivity index (χ0n) is 9.71. The van der Waals surface area contributed by atoms with Gasteiger partial charge in [0.25, 0.3) is 5.91 Å². The van der Waals surface area contributed by atoms with Crippen LogP contribution in [0.25, 0.3) is 0 Å². The van der Waals surface area contributed by atoms with Gasteiger partial charge in [0.15, 0.2) is 11.6 Å². The van der Waals surface area contributed by atoms with E-state index in [1.807, 2.05) is 0 Å². The third-order valence-corrected chi connectivity index (χ3v) is 2.65. The molecule has 0 atom stereocenters. The first-order chi connectivity index (χ1) is 9.38. The van der Waals surface area contributed by atoms with Gasteiger partial charge in [0.1, 0.15) is 5.69 Å². The third kappa shape index (κ3) is 2.77. The van der Waals surface area contributed by atoms with E-state index in [0.29, 0.717) is 12.1 Å². The predicted molar refractivity (Wildman–Crippen MR) is 67.1 cm³/mol. The predicted octanol–water partition coefficient (Wildman–Crippen LogP) is 2.90. The van der Waals surface area contributed by atoms with Gasteiger partial charge in [-0.05, 0) is 12.1 Å². The summed E-state index contributed by atoms with van der Waals surface area (Å²) in [4.78, 5) is 25.3. The molecule has 0 aliphatic rings. The second kappa shape index (κ2) is 5.30. The van der Waals surface area contributed by atoms with Gasteiger partial charge in [0.2, 0.25) is 0 Å². The number of aromatic nitrogens is 1. The van der Waals surface area contributed by atoms with Crippen LogP contribution in [-0.4, -0.2) is 22.0 Å². The summed E-state index contributed by atoms with van der Waals surface area (Å²) in [6.07, 6.45) is 1.35. The Bertz CT molecular complexity index is 700. The fourth-order valence-corrected chi connectivity index (χ4v) is 1.68. The number of H-pyrrole nitrogens is 1. The number of rotatable bonds is 3. The molecular formula is C12H7ClF2N2O3. The highest BCUT2D eigenvalue weighted by Crippen LogP contribution is 2.21. The molecule has 5 nitrogen and oxygen atoms in total. The zero-order chi connectivity index (χ0) is 14.9. The number of aromatic carboxylic acids is 1. The van der Waals surface area contributed by atoms with E-state index in [0.717, 1.165) is 0 Å². The molecule has 1 amide bonds. The summed E-state index contributed by atoms with van der Waals surface area (Å²) >= 11 is 5.62. The standard InChI is InChI=1S/C12H7ClF2N2O3/c13-5-1-10(16-4-5)11(18)17-9-3-8(15)7(14)2-6(9)12(19)20/h1-4,16H,(H,17,18)(H,19,20). The van der Waals surface area contributed by atoms with Crippen molar-refractivity contribution in [3.8, 4) is 0 Å². The molecule has 20 heavy (non-hydrogen) atoms. The quantitative estimate of drug-likeness (QED) is 0.815. The van der Waals surface area contributed by atoms with E-state index >= 15 is 0 Å². The van der Waals surface area contributed by atoms with E-state index < -0.39 is 29.1 Å². The summed E-state index contributed by atoms with van der Waals surface area (Å²) in [5, 5.41) is 11.3. The van der Waals surface area contributed by atoms with E-state index in [2.05, 4.69) is 10.3 Å². The Balaban J connectivity index is 2.35. The largest absolute Gasteiger partial charge is 0.478 e. The number of benzene rings is 1. The second-order valence-electron chi connectivity index (χ2n) is 3.80. The molecule has 0 radical (unpaired) electrons. The molecule has 2 rings (SSSR count). The highest BCUT2D eigenvalue weighted by molar-refractivity contribution is 6.31. The summed E-state index contributed by atoms with van der Waals surface area (Å²) < 4.78 is 26.1. The van der Waals surface area contributed by atoms with Gasteiger partial charge in [-0.3, -0.25) is 4.79 Å². The average molecular weight is 301 g/mol. The van der Waals surface area contributed by atoms with Crippen molar-refractivity contribution in [2.75, 3.05) is 5.32 Å². The first kappa shape index (κ1) is 14.0. The lowest BCUT2D eigenvalue weighted by Crippen LogP contribution is -2.15. The molecule has 8 heteroatoms. The fourth-order valence-electron chi connectivity index (χ4n) is 1.52. The smallest absolute Gasteiger partial charge is 0.337 e. The Labute approximate surface area is 116 Å². The van der Waals surface area contributed by atoms with E-state index in [1.54, 1.807) is 0 Å². The summed E-state index contributed by atoms with van der Waals surface area (Å²) in [7, 11) is 0. The van der Waals surface area contributed by atoms with Crippen molar-refractivity contribution in [3.63, 3.8) is 0 Å². The number of halogens is 3. The van der Waals surface area contributed by atoms with Crippen LogP contribution in [0, 0.1) is 11.6 Å². The van der Waals surface area contributed by atoms with Gasteiger partial charge in [-0.1, -0.05) is 11.6 Å². The van der Waals surface area contributed by atoms with Gasteiger partial charge in [0.05, 0.1) is 16.3 Å². The topological polar surface area (TPSA) is 82.2 Å². The number of hydrogen-bond donors (Lipinski definition) is 3. The van der Waals surface area contributed by atoms with Crippen LogP contribution in [0.4, 0.5) is 14.5 Å². The molecule has 0 saturated heterocycles. The SMILES string of the molecule is O=C(Nc1cc(F)c(F)cc1C(=O)O)c1cc(Cl)c[nH]1.